The Kier molecular flexibility index (Phi) is 5.08. The molecule has 0 amide bonds. The van der Waals surface area contributed by atoms with Gasteiger partial charge in [0.2, 0.25) is 4.96 Å². The SMILES string of the molecule is Cc1cc(=O)n2nc(CN(C)CCC(N)C(C)C)sc2n1. The molecule has 0 radical (unpaired) electrons. The van der Waals surface area contributed by atoms with Crippen molar-refractivity contribution >= 4 is 16.3 Å². The standard InChI is InChI=1S/C14H23N5OS/c1-9(2)11(15)5-6-18(4)8-12-17-19-13(20)7-10(3)16-14(19)21-12/h7,9,11H,5-6,8,15H2,1-4H3. The number of hydrogen-bond acceptors (Lipinski definition) is 6. The molecule has 0 aliphatic heterocycles. The third-order valence-electron chi connectivity index (χ3n) is 3.52. The van der Waals surface area contributed by atoms with Gasteiger partial charge in [-0.05, 0) is 32.9 Å². The lowest BCUT2D eigenvalue weighted by molar-refractivity contribution is 0.295. The summed E-state index contributed by atoms with van der Waals surface area (Å²) >= 11 is 1.46. The van der Waals surface area contributed by atoms with E-state index in [-0.39, 0.29) is 11.6 Å². The molecule has 0 saturated heterocycles. The van der Waals surface area contributed by atoms with Crippen LogP contribution >= 0.6 is 11.3 Å². The number of fused-ring (bicyclic) bond motifs is 1. The highest BCUT2D eigenvalue weighted by atomic mass is 32.1. The zero-order valence-corrected chi connectivity index (χ0v) is 13.9. The van der Waals surface area contributed by atoms with Gasteiger partial charge >= 0.3 is 0 Å². The summed E-state index contributed by atoms with van der Waals surface area (Å²) in [7, 11) is 2.04. The number of nitrogens with two attached hydrogens (primary N) is 1. The maximum atomic E-state index is 11.8. The van der Waals surface area contributed by atoms with E-state index in [4.69, 9.17) is 5.73 Å². The first-order chi connectivity index (χ1) is 9.86. The van der Waals surface area contributed by atoms with Gasteiger partial charge in [-0.3, -0.25) is 9.69 Å². The molecule has 0 bridgehead atoms. The van der Waals surface area contributed by atoms with E-state index in [1.165, 1.54) is 21.9 Å². The Balaban J connectivity index is 2.03. The molecule has 1 atom stereocenters. The number of aromatic nitrogens is 3. The Labute approximate surface area is 128 Å². The zero-order chi connectivity index (χ0) is 15.6. The van der Waals surface area contributed by atoms with Gasteiger partial charge in [-0.15, -0.1) is 0 Å². The molecule has 1 unspecified atom stereocenters. The first-order valence-corrected chi connectivity index (χ1v) is 7.99. The molecule has 0 aliphatic carbocycles. The van der Waals surface area contributed by atoms with Gasteiger partial charge in [-0.2, -0.15) is 9.61 Å². The lowest BCUT2D eigenvalue weighted by Gasteiger charge is -2.20. The summed E-state index contributed by atoms with van der Waals surface area (Å²) < 4.78 is 1.38. The third-order valence-corrected chi connectivity index (χ3v) is 4.41. The second-order valence-corrected chi connectivity index (χ2v) is 6.90. The molecule has 0 saturated carbocycles. The van der Waals surface area contributed by atoms with Crippen LogP contribution in [0.5, 0.6) is 0 Å². The largest absolute Gasteiger partial charge is 0.327 e. The van der Waals surface area contributed by atoms with Crippen molar-refractivity contribution in [3.63, 3.8) is 0 Å². The summed E-state index contributed by atoms with van der Waals surface area (Å²) in [5.41, 5.74) is 6.67. The predicted octanol–water partition coefficient (Wildman–Crippen LogP) is 1.26. The highest BCUT2D eigenvalue weighted by Crippen LogP contribution is 2.13. The van der Waals surface area contributed by atoms with Crippen molar-refractivity contribution in [2.45, 2.75) is 39.8 Å². The fraction of sp³-hybridized carbons (Fsp3) is 0.643. The van der Waals surface area contributed by atoms with E-state index in [0.29, 0.717) is 17.4 Å². The van der Waals surface area contributed by atoms with Gasteiger partial charge in [0, 0.05) is 17.8 Å². The smallest absolute Gasteiger partial charge is 0.275 e. The summed E-state index contributed by atoms with van der Waals surface area (Å²) in [4.78, 5) is 19.0. The van der Waals surface area contributed by atoms with E-state index in [1.54, 1.807) is 0 Å². The number of rotatable bonds is 6. The average Bonchev–Trinajstić information content (AvgIpc) is 2.78. The van der Waals surface area contributed by atoms with Crippen LogP contribution in [0.3, 0.4) is 0 Å². The van der Waals surface area contributed by atoms with Crippen LogP contribution in [0.25, 0.3) is 4.96 Å². The lowest BCUT2D eigenvalue weighted by atomic mass is 10.0. The van der Waals surface area contributed by atoms with Crippen LogP contribution in [0.2, 0.25) is 0 Å². The number of aryl methyl sites for hydroxylation is 1. The first kappa shape index (κ1) is 16.1. The lowest BCUT2D eigenvalue weighted by Crippen LogP contribution is -2.31. The van der Waals surface area contributed by atoms with E-state index < -0.39 is 0 Å². The monoisotopic (exact) mass is 309 g/mol. The van der Waals surface area contributed by atoms with Gasteiger partial charge in [0.1, 0.15) is 5.01 Å². The fourth-order valence-corrected chi connectivity index (χ4v) is 3.06. The quantitative estimate of drug-likeness (QED) is 0.869. The zero-order valence-electron chi connectivity index (χ0n) is 13.0. The van der Waals surface area contributed by atoms with E-state index in [2.05, 4.69) is 28.8 Å². The summed E-state index contributed by atoms with van der Waals surface area (Å²) in [6.45, 7) is 7.71. The molecule has 21 heavy (non-hydrogen) atoms. The Hall–Kier alpha value is -1.31. The average molecular weight is 309 g/mol. The van der Waals surface area contributed by atoms with Gasteiger partial charge < -0.3 is 5.73 Å². The Morgan fingerprint density at radius 3 is 2.86 bits per heavy atom. The topological polar surface area (TPSA) is 76.5 Å². The van der Waals surface area contributed by atoms with Crippen LogP contribution in [0.1, 0.15) is 31.0 Å². The molecule has 6 nitrogen and oxygen atoms in total. The molecule has 0 spiro atoms. The molecule has 2 aromatic heterocycles. The highest BCUT2D eigenvalue weighted by molar-refractivity contribution is 7.16. The molecular formula is C14H23N5OS. The molecule has 2 heterocycles. The van der Waals surface area contributed by atoms with E-state index in [1.807, 2.05) is 14.0 Å². The molecule has 2 aromatic rings. The van der Waals surface area contributed by atoms with E-state index >= 15 is 0 Å². The molecule has 0 fully saturated rings. The van der Waals surface area contributed by atoms with Gasteiger partial charge in [0.25, 0.3) is 5.56 Å². The van der Waals surface area contributed by atoms with Crippen molar-refractivity contribution in [1.82, 2.24) is 19.5 Å². The maximum Gasteiger partial charge on any atom is 0.275 e. The summed E-state index contributed by atoms with van der Waals surface area (Å²) in [5, 5.41) is 5.24. The number of hydrogen-bond donors (Lipinski definition) is 1. The third kappa shape index (κ3) is 4.09. The van der Waals surface area contributed by atoms with Crippen molar-refractivity contribution in [2.75, 3.05) is 13.6 Å². The molecule has 2 rings (SSSR count). The van der Waals surface area contributed by atoms with Gasteiger partial charge in [-0.25, -0.2) is 4.98 Å². The molecular weight excluding hydrogens is 286 g/mol. The number of nitrogens with zero attached hydrogens (tertiary/aromatic N) is 4. The van der Waals surface area contributed by atoms with E-state index in [0.717, 1.165) is 23.7 Å². The van der Waals surface area contributed by atoms with Crippen molar-refractivity contribution in [3.8, 4) is 0 Å². The highest BCUT2D eigenvalue weighted by Gasteiger charge is 2.12. The van der Waals surface area contributed by atoms with Crippen molar-refractivity contribution in [3.05, 3.63) is 27.1 Å². The van der Waals surface area contributed by atoms with Crippen LogP contribution in [0.4, 0.5) is 0 Å². The van der Waals surface area contributed by atoms with Crippen molar-refractivity contribution in [1.29, 1.82) is 0 Å². The molecule has 0 aromatic carbocycles. The summed E-state index contributed by atoms with van der Waals surface area (Å²) in [6, 6.07) is 1.72. The van der Waals surface area contributed by atoms with Crippen LogP contribution in [-0.2, 0) is 6.54 Å². The van der Waals surface area contributed by atoms with Gasteiger partial charge in [0.15, 0.2) is 0 Å². The minimum Gasteiger partial charge on any atom is -0.327 e. The molecule has 7 heteroatoms. The van der Waals surface area contributed by atoms with E-state index in [9.17, 15) is 4.79 Å². The van der Waals surface area contributed by atoms with Gasteiger partial charge in [-0.1, -0.05) is 25.2 Å². The second-order valence-electron chi connectivity index (χ2n) is 5.86. The van der Waals surface area contributed by atoms with Gasteiger partial charge in [0.05, 0.1) is 6.54 Å². The maximum absolute atomic E-state index is 11.8. The Bertz CT molecular complexity index is 663. The van der Waals surface area contributed by atoms with Crippen LogP contribution in [-0.4, -0.2) is 39.1 Å². The second kappa shape index (κ2) is 6.64. The van der Waals surface area contributed by atoms with Crippen LogP contribution in [0.15, 0.2) is 10.9 Å². The fourth-order valence-electron chi connectivity index (χ4n) is 2.04. The predicted molar refractivity (Wildman–Crippen MR) is 85.6 cm³/mol. The first-order valence-electron chi connectivity index (χ1n) is 7.17. The molecule has 0 aliphatic rings. The van der Waals surface area contributed by atoms with Crippen LogP contribution < -0.4 is 11.3 Å². The minimum atomic E-state index is -0.121. The Morgan fingerprint density at radius 1 is 1.48 bits per heavy atom. The van der Waals surface area contributed by atoms with Crippen molar-refractivity contribution < 1.29 is 0 Å². The summed E-state index contributed by atoms with van der Waals surface area (Å²) in [6.07, 6.45) is 0.955. The van der Waals surface area contributed by atoms with Crippen LogP contribution in [0, 0.1) is 12.8 Å². The van der Waals surface area contributed by atoms with Crippen molar-refractivity contribution in [2.24, 2.45) is 11.7 Å². The molecule has 116 valence electrons. The molecule has 2 N–H and O–H groups in total. The normalized spacial score (nSPS) is 13.5. The Morgan fingerprint density at radius 2 is 2.19 bits per heavy atom. The summed E-state index contributed by atoms with van der Waals surface area (Å²) in [5.74, 6) is 0.492. The minimum absolute atomic E-state index is 0.121.